The zero-order chi connectivity index (χ0) is 9.47. The van der Waals surface area contributed by atoms with Gasteiger partial charge in [-0.1, -0.05) is 19.8 Å². The predicted molar refractivity (Wildman–Crippen MR) is 51.1 cm³/mol. The zero-order valence-corrected chi connectivity index (χ0v) is 8.25. The Morgan fingerprint density at radius 3 is 2.62 bits per heavy atom. The molecule has 74 valence electrons. The van der Waals surface area contributed by atoms with E-state index in [1.807, 2.05) is 4.90 Å². The highest BCUT2D eigenvalue weighted by Gasteiger charge is 2.39. The van der Waals surface area contributed by atoms with Gasteiger partial charge in [0.05, 0.1) is 0 Å². The second kappa shape index (κ2) is 2.98. The fourth-order valence-corrected chi connectivity index (χ4v) is 2.52. The summed E-state index contributed by atoms with van der Waals surface area (Å²) in [6, 6.07) is -0.204. The fraction of sp³-hybridized carbons (Fsp3) is 0.900. The Morgan fingerprint density at radius 1 is 1.54 bits per heavy atom. The molecule has 1 unspecified atom stereocenters. The second-order valence-corrected chi connectivity index (χ2v) is 4.84. The van der Waals surface area contributed by atoms with Crippen LogP contribution in [0.3, 0.4) is 0 Å². The number of carbonyl (C=O) groups is 1. The number of carbonyl (C=O) groups excluding carboxylic acids is 1. The van der Waals surface area contributed by atoms with Crippen molar-refractivity contribution in [3.05, 3.63) is 0 Å². The van der Waals surface area contributed by atoms with Crippen molar-refractivity contribution in [2.75, 3.05) is 13.1 Å². The smallest absolute Gasteiger partial charge is 0.241 e. The van der Waals surface area contributed by atoms with E-state index in [0.29, 0.717) is 5.41 Å². The van der Waals surface area contributed by atoms with E-state index < -0.39 is 0 Å². The highest BCUT2D eigenvalue weighted by atomic mass is 16.2. The van der Waals surface area contributed by atoms with Crippen LogP contribution in [0.4, 0.5) is 0 Å². The Kier molecular flexibility index (Phi) is 2.06. The summed E-state index contributed by atoms with van der Waals surface area (Å²) in [5.41, 5.74) is 5.92. The first-order chi connectivity index (χ1) is 6.11. The second-order valence-electron chi connectivity index (χ2n) is 4.84. The van der Waals surface area contributed by atoms with Gasteiger partial charge in [0, 0.05) is 13.1 Å². The van der Waals surface area contributed by atoms with Crippen molar-refractivity contribution in [2.45, 2.75) is 38.6 Å². The van der Waals surface area contributed by atoms with Crippen molar-refractivity contribution in [1.29, 1.82) is 0 Å². The molecule has 2 aliphatic rings. The first kappa shape index (κ1) is 9.00. The summed E-state index contributed by atoms with van der Waals surface area (Å²) in [4.78, 5) is 13.2. The Morgan fingerprint density at radius 2 is 2.15 bits per heavy atom. The fourth-order valence-electron chi connectivity index (χ4n) is 2.52. The molecule has 0 aromatic rings. The summed E-state index contributed by atoms with van der Waals surface area (Å²) in [5.74, 6) is 0.146. The largest absolute Gasteiger partial charge is 0.339 e. The monoisotopic (exact) mass is 182 g/mol. The van der Waals surface area contributed by atoms with E-state index in [0.717, 1.165) is 13.1 Å². The molecule has 0 spiro atoms. The number of likely N-dealkylation sites (tertiary alicyclic amines) is 1. The van der Waals surface area contributed by atoms with E-state index in [1.165, 1.54) is 25.7 Å². The number of β-lactam (4-membered cyclic amide) rings is 1. The average molecular weight is 182 g/mol. The van der Waals surface area contributed by atoms with Crippen LogP contribution in [0, 0.1) is 5.41 Å². The molecule has 1 atom stereocenters. The van der Waals surface area contributed by atoms with Crippen molar-refractivity contribution in [2.24, 2.45) is 11.1 Å². The SMILES string of the molecule is CC1(CN2CC(N)C2=O)CCCC1. The highest BCUT2D eigenvalue weighted by Crippen LogP contribution is 2.38. The van der Waals surface area contributed by atoms with Crippen LogP contribution in [0.25, 0.3) is 0 Å². The first-order valence-corrected chi connectivity index (χ1v) is 5.15. The number of nitrogens with zero attached hydrogens (tertiary/aromatic N) is 1. The van der Waals surface area contributed by atoms with Gasteiger partial charge in [-0.05, 0) is 18.3 Å². The third-order valence-electron chi connectivity index (χ3n) is 3.43. The van der Waals surface area contributed by atoms with Crippen LogP contribution >= 0.6 is 0 Å². The molecule has 1 heterocycles. The summed E-state index contributed by atoms with van der Waals surface area (Å²) >= 11 is 0. The number of nitrogens with two attached hydrogens (primary N) is 1. The van der Waals surface area contributed by atoms with Crippen LogP contribution in [0.2, 0.25) is 0 Å². The van der Waals surface area contributed by atoms with E-state index in [2.05, 4.69) is 6.92 Å². The lowest BCUT2D eigenvalue weighted by atomic mass is 9.87. The van der Waals surface area contributed by atoms with Gasteiger partial charge >= 0.3 is 0 Å². The molecule has 0 aromatic heterocycles. The summed E-state index contributed by atoms with van der Waals surface area (Å²) in [6.07, 6.45) is 5.19. The van der Waals surface area contributed by atoms with Crippen LogP contribution in [0.1, 0.15) is 32.6 Å². The van der Waals surface area contributed by atoms with Crippen LogP contribution in [0.5, 0.6) is 0 Å². The highest BCUT2D eigenvalue weighted by molar-refractivity contribution is 5.87. The van der Waals surface area contributed by atoms with Gasteiger partial charge in [0.2, 0.25) is 5.91 Å². The van der Waals surface area contributed by atoms with Crippen molar-refractivity contribution < 1.29 is 4.79 Å². The Labute approximate surface area is 79.3 Å². The van der Waals surface area contributed by atoms with Crippen LogP contribution < -0.4 is 5.73 Å². The molecule has 3 heteroatoms. The molecule has 1 aliphatic carbocycles. The number of hydrogen-bond donors (Lipinski definition) is 1. The summed E-state index contributed by atoms with van der Waals surface area (Å²) in [7, 11) is 0. The molecule has 3 nitrogen and oxygen atoms in total. The molecule has 0 aromatic carbocycles. The van der Waals surface area contributed by atoms with Crippen molar-refractivity contribution in [1.82, 2.24) is 4.90 Å². The third kappa shape index (κ3) is 1.57. The Balaban J connectivity index is 1.88. The molecule has 2 rings (SSSR count). The molecule has 13 heavy (non-hydrogen) atoms. The van der Waals surface area contributed by atoms with Gasteiger partial charge < -0.3 is 10.6 Å². The quantitative estimate of drug-likeness (QED) is 0.640. The molecule has 1 saturated heterocycles. The minimum atomic E-state index is -0.204. The molecule has 1 saturated carbocycles. The van der Waals surface area contributed by atoms with E-state index >= 15 is 0 Å². The lowest BCUT2D eigenvalue weighted by Gasteiger charge is -2.41. The normalized spacial score (nSPS) is 32.0. The van der Waals surface area contributed by atoms with E-state index in [4.69, 9.17) is 5.73 Å². The van der Waals surface area contributed by atoms with Gasteiger partial charge in [0.15, 0.2) is 0 Å². The minimum Gasteiger partial charge on any atom is -0.339 e. The molecule has 1 amide bonds. The Hall–Kier alpha value is -0.570. The van der Waals surface area contributed by atoms with Gasteiger partial charge in [-0.15, -0.1) is 0 Å². The van der Waals surface area contributed by atoms with Crippen molar-refractivity contribution >= 4 is 5.91 Å². The van der Waals surface area contributed by atoms with Crippen molar-refractivity contribution in [3.8, 4) is 0 Å². The van der Waals surface area contributed by atoms with Crippen LogP contribution in [-0.2, 0) is 4.79 Å². The molecule has 0 radical (unpaired) electrons. The summed E-state index contributed by atoms with van der Waals surface area (Å²) in [6.45, 7) is 3.99. The maximum absolute atomic E-state index is 11.3. The molecule has 2 fully saturated rings. The molecule has 2 N–H and O–H groups in total. The van der Waals surface area contributed by atoms with Gasteiger partial charge in [0.1, 0.15) is 6.04 Å². The van der Waals surface area contributed by atoms with E-state index in [1.54, 1.807) is 0 Å². The lowest BCUT2D eigenvalue weighted by Crippen LogP contribution is -2.62. The minimum absolute atomic E-state index is 0.146. The standard InChI is InChI=1S/C10H18N2O/c1-10(4-2-3-5-10)7-12-6-8(11)9(12)13/h8H,2-7,11H2,1H3. The average Bonchev–Trinajstić information content (AvgIpc) is 2.51. The number of amides is 1. The van der Waals surface area contributed by atoms with Gasteiger partial charge in [-0.25, -0.2) is 0 Å². The summed E-state index contributed by atoms with van der Waals surface area (Å²) in [5, 5.41) is 0. The van der Waals surface area contributed by atoms with E-state index in [-0.39, 0.29) is 11.9 Å². The topological polar surface area (TPSA) is 46.3 Å². The maximum atomic E-state index is 11.3. The molecular weight excluding hydrogens is 164 g/mol. The van der Waals surface area contributed by atoms with Gasteiger partial charge in [-0.3, -0.25) is 4.79 Å². The Bertz CT molecular complexity index is 221. The maximum Gasteiger partial charge on any atom is 0.241 e. The number of hydrogen-bond acceptors (Lipinski definition) is 2. The lowest BCUT2D eigenvalue weighted by molar-refractivity contribution is -0.144. The van der Waals surface area contributed by atoms with Gasteiger partial charge in [0.25, 0.3) is 0 Å². The predicted octanol–water partition coefficient (Wildman–Crippen LogP) is 0.736. The first-order valence-electron chi connectivity index (χ1n) is 5.15. The summed E-state index contributed by atoms with van der Waals surface area (Å²) < 4.78 is 0. The van der Waals surface area contributed by atoms with E-state index in [9.17, 15) is 4.79 Å². The molecule has 0 bridgehead atoms. The zero-order valence-electron chi connectivity index (χ0n) is 8.25. The van der Waals surface area contributed by atoms with Crippen molar-refractivity contribution in [3.63, 3.8) is 0 Å². The van der Waals surface area contributed by atoms with Crippen LogP contribution in [-0.4, -0.2) is 29.9 Å². The number of rotatable bonds is 2. The molecular formula is C10H18N2O. The third-order valence-corrected chi connectivity index (χ3v) is 3.43. The van der Waals surface area contributed by atoms with Crippen LogP contribution in [0.15, 0.2) is 0 Å². The molecule has 1 aliphatic heterocycles. The van der Waals surface area contributed by atoms with Gasteiger partial charge in [-0.2, -0.15) is 0 Å².